The van der Waals surface area contributed by atoms with Crippen LogP contribution in [0.2, 0.25) is 0 Å². The van der Waals surface area contributed by atoms with Crippen molar-refractivity contribution in [3.05, 3.63) is 29.3 Å². The van der Waals surface area contributed by atoms with Gasteiger partial charge in [-0.3, -0.25) is 4.79 Å². The molecule has 0 N–H and O–H groups in total. The van der Waals surface area contributed by atoms with Gasteiger partial charge in [-0.2, -0.15) is 13.2 Å². The molecule has 0 heterocycles. The van der Waals surface area contributed by atoms with Crippen LogP contribution in [0.1, 0.15) is 29.3 Å². The van der Waals surface area contributed by atoms with Gasteiger partial charge in [0.15, 0.2) is 5.78 Å². The lowest BCUT2D eigenvalue weighted by Crippen LogP contribution is -2.13. The van der Waals surface area contributed by atoms with E-state index in [0.717, 1.165) is 6.07 Å². The van der Waals surface area contributed by atoms with Crippen LogP contribution in [0.25, 0.3) is 0 Å². The quantitative estimate of drug-likeness (QED) is 0.604. The smallest absolute Gasteiger partial charge is 0.419 e. The molecule has 18 heavy (non-hydrogen) atoms. The second-order valence-electron chi connectivity index (χ2n) is 3.48. The summed E-state index contributed by atoms with van der Waals surface area (Å²) < 4.78 is 43.3. The minimum atomic E-state index is -4.55. The number of rotatable bonds is 5. The van der Waals surface area contributed by atoms with E-state index in [1.54, 1.807) is 6.92 Å². The van der Waals surface area contributed by atoms with Crippen LogP contribution >= 0.6 is 11.6 Å². The van der Waals surface area contributed by atoms with E-state index in [1.165, 1.54) is 12.1 Å². The van der Waals surface area contributed by atoms with E-state index < -0.39 is 23.3 Å². The van der Waals surface area contributed by atoms with Gasteiger partial charge in [0.2, 0.25) is 0 Å². The summed E-state index contributed by atoms with van der Waals surface area (Å²) in [7, 11) is 0. The number of alkyl halides is 4. The molecular weight excluding hydrogens is 269 g/mol. The molecule has 0 bridgehead atoms. The maximum atomic E-state index is 12.8. The summed E-state index contributed by atoms with van der Waals surface area (Å²) in [5.41, 5.74) is -1.02. The highest BCUT2D eigenvalue weighted by Gasteiger charge is 2.36. The molecule has 100 valence electrons. The van der Waals surface area contributed by atoms with Crippen LogP contribution in [0.3, 0.4) is 0 Å². The van der Waals surface area contributed by atoms with Crippen molar-refractivity contribution in [2.24, 2.45) is 0 Å². The molecule has 0 atom stereocenters. The van der Waals surface area contributed by atoms with Gasteiger partial charge in [-0.05, 0) is 19.1 Å². The predicted octanol–water partition coefficient (Wildman–Crippen LogP) is 3.92. The van der Waals surface area contributed by atoms with E-state index in [-0.39, 0.29) is 24.5 Å². The molecule has 0 radical (unpaired) electrons. The van der Waals surface area contributed by atoms with Crippen molar-refractivity contribution >= 4 is 17.4 Å². The van der Waals surface area contributed by atoms with Crippen LogP contribution in [0.15, 0.2) is 18.2 Å². The molecule has 0 fully saturated rings. The molecule has 1 aromatic carbocycles. The number of para-hydroxylation sites is 1. The molecule has 0 aliphatic carbocycles. The van der Waals surface area contributed by atoms with Crippen molar-refractivity contribution in [1.82, 2.24) is 0 Å². The molecule has 0 aliphatic heterocycles. The summed E-state index contributed by atoms with van der Waals surface area (Å²) in [5.74, 6) is -0.817. The lowest BCUT2D eigenvalue weighted by atomic mass is 10.0. The van der Waals surface area contributed by atoms with E-state index in [0.29, 0.717) is 0 Å². The third-order valence-electron chi connectivity index (χ3n) is 2.23. The van der Waals surface area contributed by atoms with Gasteiger partial charge in [0.1, 0.15) is 5.75 Å². The molecule has 0 saturated heterocycles. The Balaban J connectivity index is 3.30. The Kier molecular flexibility index (Phi) is 5.02. The van der Waals surface area contributed by atoms with E-state index in [9.17, 15) is 18.0 Å². The number of halogens is 4. The Morgan fingerprint density at radius 2 is 2.06 bits per heavy atom. The van der Waals surface area contributed by atoms with Gasteiger partial charge in [0.25, 0.3) is 0 Å². The monoisotopic (exact) mass is 280 g/mol. The van der Waals surface area contributed by atoms with Crippen molar-refractivity contribution < 1.29 is 22.7 Å². The second kappa shape index (κ2) is 6.09. The van der Waals surface area contributed by atoms with E-state index >= 15 is 0 Å². The molecular formula is C12H12ClF3O2. The SMILES string of the molecule is CCOc1c(C(=O)CCCl)cccc1C(F)(F)F. The summed E-state index contributed by atoms with van der Waals surface area (Å²) in [6, 6.07) is 3.39. The highest BCUT2D eigenvalue weighted by Crippen LogP contribution is 2.38. The first kappa shape index (κ1) is 14.8. The first-order chi connectivity index (χ1) is 8.41. The van der Waals surface area contributed by atoms with Gasteiger partial charge in [-0.1, -0.05) is 6.07 Å². The maximum Gasteiger partial charge on any atom is 0.419 e. The van der Waals surface area contributed by atoms with Crippen LogP contribution in [0.5, 0.6) is 5.75 Å². The number of benzene rings is 1. The first-order valence-electron chi connectivity index (χ1n) is 5.34. The van der Waals surface area contributed by atoms with Crippen molar-refractivity contribution in [2.75, 3.05) is 12.5 Å². The topological polar surface area (TPSA) is 26.3 Å². The van der Waals surface area contributed by atoms with Crippen LogP contribution in [-0.4, -0.2) is 18.3 Å². The largest absolute Gasteiger partial charge is 0.492 e. The van der Waals surface area contributed by atoms with Gasteiger partial charge in [0, 0.05) is 12.3 Å². The van der Waals surface area contributed by atoms with Crippen molar-refractivity contribution in [3.8, 4) is 5.75 Å². The normalized spacial score (nSPS) is 11.4. The number of hydrogen-bond donors (Lipinski definition) is 0. The zero-order valence-corrected chi connectivity index (χ0v) is 10.4. The maximum absolute atomic E-state index is 12.8. The number of ether oxygens (including phenoxy) is 1. The standard InChI is InChI=1S/C12H12ClF3O2/c1-2-18-11-8(10(17)6-7-13)4-3-5-9(11)12(14,15)16/h3-5H,2,6-7H2,1H3. The third-order valence-corrected chi connectivity index (χ3v) is 2.42. The highest BCUT2D eigenvalue weighted by molar-refractivity contribution is 6.19. The zero-order valence-electron chi connectivity index (χ0n) is 9.68. The summed E-state index contributed by atoms with van der Waals surface area (Å²) in [6.45, 7) is 1.61. The Bertz CT molecular complexity index is 430. The average Bonchev–Trinajstić information content (AvgIpc) is 2.28. The Morgan fingerprint density at radius 3 is 2.56 bits per heavy atom. The fraction of sp³-hybridized carbons (Fsp3) is 0.417. The Morgan fingerprint density at radius 1 is 1.39 bits per heavy atom. The summed E-state index contributed by atoms with van der Waals surface area (Å²) >= 11 is 5.42. The molecule has 0 aromatic heterocycles. The fourth-order valence-corrected chi connectivity index (χ4v) is 1.67. The number of carbonyl (C=O) groups is 1. The van der Waals surface area contributed by atoms with E-state index in [1.807, 2.05) is 0 Å². The van der Waals surface area contributed by atoms with Gasteiger partial charge >= 0.3 is 6.18 Å². The molecule has 1 rings (SSSR count). The summed E-state index contributed by atoms with van der Waals surface area (Å²) in [6.07, 6.45) is -4.58. The third kappa shape index (κ3) is 3.38. The molecule has 0 unspecified atom stereocenters. The summed E-state index contributed by atoms with van der Waals surface area (Å²) in [4.78, 5) is 11.7. The van der Waals surface area contributed by atoms with Crippen molar-refractivity contribution in [1.29, 1.82) is 0 Å². The van der Waals surface area contributed by atoms with Gasteiger partial charge in [-0.25, -0.2) is 0 Å². The highest BCUT2D eigenvalue weighted by atomic mass is 35.5. The minimum Gasteiger partial charge on any atom is -0.492 e. The average molecular weight is 281 g/mol. The van der Waals surface area contributed by atoms with Crippen LogP contribution in [0.4, 0.5) is 13.2 Å². The van der Waals surface area contributed by atoms with Gasteiger partial charge in [-0.15, -0.1) is 11.6 Å². The van der Waals surface area contributed by atoms with Crippen molar-refractivity contribution in [2.45, 2.75) is 19.5 Å². The number of hydrogen-bond acceptors (Lipinski definition) is 2. The van der Waals surface area contributed by atoms with Crippen LogP contribution < -0.4 is 4.74 Å². The molecule has 2 nitrogen and oxygen atoms in total. The van der Waals surface area contributed by atoms with Gasteiger partial charge < -0.3 is 4.74 Å². The number of Topliss-reactive ketones (excluding diaryl/α,β-unsaturated/α-hetero) is 1. The van der Waals surface area contributed by atoms with E-state index in [2.05, 4.69) is 0 Å². The Hall–Kier alpha value is -1.23. The molecule has 0 amide bonds. The lowest BCUT2D eigenvalue weighted by Gasteiger charge is -2.16. The van der Waals surface area contributed by atoms with Crippen LogP contribution in [0, 0.1) is 0 Å². The molecule has 1 aromatic rings. The number of carbonyl (C=O) groups excluding carboxylic acids is 1. The van der Waals surface area contributed by atoms with Gasteiger partial charge in [0.05, 0.1) is 17.7 Å². The minimum absolute atomic E-state index is 0.0249. The lowest BCUT2D eigenvalue weighted by molar-refractivity contribution is -0.138. The van der Waals surface area contributed by atoms with Crippen molar-refractivity contribution in [3.63, 3.8) is 0 Å². The molecule has 0 aliphatic rings. The first-order valence-corrected chi connectivity index (χ1v) is 5.87. The fourth-order valence-electron chi connectivity index (χ4n) is 1.50. The molecule has 0 saturated carbocycles. The number of ketones is 1. The molecule has 6 heteroatoms. The zero-order chi connectivity index (χ0) is 13.8. The van der Waals surface area contributed by atoms with Crippen LogP contribution in [-0.2, 0) is 6.18 Å². The summed E-state index contributed by atoms with van der Waals surface area (Å²) in [5, 5.41) is 0. The predicted molar refractivity (Wildman–Crippen MR) is 62.3 cm³/mol. The second-order valence-corrected chi connectivity index (χ2v) is 3.85. The molecule has 0 spiro atoms. The Labute approximate surface area is 108 Å². The van der Waals surface area contributed by atoms with E-state index in [4.69, 9.17) is 16.3 Å².